The monoisotopic (exact) mass is 257 g/mol. The van der Waals surface area contributed by atoms with E-state index in [2.05, 4.69) is 10.3 Å². The molecule has 5 heteroatoms. The van der Waals surface area contributed by atoms with Crippen molar-refractivity contribution in [3.05, 3.63) is 53.9 Å². The van der Waals surface area contributed by atoms with E-state index in [1.165, 1.54) is 12.1 Å². The highest BCUT2D eigenvalue weighted by molar-refractivity contribution is 5.80. The van der Waals surface area contributed by atoms with E-state index >= 15 is 0 Å². The lowest BCUT2D eigenvalue weighted by Crippen LogP contribution is -2.25. The molecule has 0 aliphatic carbocycles. The van der Waals surface area contributed by atoms with Crippen LogP contribution in [-0.2, 0) is 17.8 Å². The largest absolute Gasteiger partial charge is 0.508 e. The van der Waals surface area contributed by atoms with E-state index in [1.807, 2.05) is 18.2 Å². The number of hydrogen-bond donors (Lipinski definition) is 3. The van der Waals surface area contributed by atoms with Crippen LogP contribution in [0.3, 0.4) is 0 Å². The molecule has 1 aromatic carbocycles. The molecule has 1 aromatic heterocycles. The number of hydrogen-bond acceptors (Lipinski definition) is 4. The summed E-state index contributed by atoms with van der Waals surface area (Å²) in [6.07, 6.45) is 1.81. The second-order valence-electron chi connectivity index (χ2n) is 4.16. The Labute approximate surface area is 111 Å². The van der Waals surface area contributed by atoms with Gasteiger partial charge in [-0.25, -0.2) is 0 Å². The molecule has 0 aliphatic rings. The molecule has 0 saturated heterocycles. The van der Waals surface area contributed by atoms with Gasteiger partial charge < -0.3 is 16.2 Å². The summed E-state index contributed by atoms with van der Waals surface area (Å²) in [6, 6.07) is 10.1. The summed E-state index contributed by atoms with van der Waals surface area (Å²) in [5.74, 6) is -0.0651. The fraction of sp³-hybridized carbons (Fsp3) is 0.143. The van der Waals surface area contributed by atoms with Crippen molar-refractivity contribution in [1.29, 1.82) is 0 Å². The number of nitrogens with two attached hydrogens (primary N) is 1. The third kappa shape index (κ3) is 3.70. The smallest absolute Gasteiger partial charge is 0.224 e. The molecule has 0 bridgehead atoms. The van der Waals surface area contributed by atoms with Gasteiger partial charge in [0.05, 0.1) is 18.7 Å². The molecule has 1 heterocycles. The van der Waals surface area contributed by atoms with E-state index in [9.17, 15) is 9.90 Å². The third-order valence-corrected chi connectivity index (χ3v) is 2.67. The van der Waals surface area contributed by atoms with Crippen molar-refractivity contribution in [2.75, 3.05) is 5.73 Å². The zero-order valence-corrected chi connectivity index (χ0v) is 10.3. The highest BCUT2D eigenvalue weighted by atomic mass is 16.3. The van der Waals surface area contributed by atoms with Crippen molar-refractivity contribution in [2.45, 2.75) is 13.0 Å². The van der Waals surface area contributed by atoms with Gasteiger partial charge in [0.2, 0.25) is 5.91 Å². The predicted octanol–water partition coefficient (Wildman–Crippen LogP) is 1.23. The number of anilines is 1. The van der Waals surface area contributed by atoms with Crippen LogP contribution < -0.4 is 11.1 Å². The summed E-state index contributed by atoms with van der Waals surface area (Å²) in [5.41, 5.74) is 7.63. The van der Waals surface area contributed by atoms with Gasteiger partial charge >= 0.3 is 0 Å². The highest BCUT2D eigenvalue weighted by Crippen LogP contribution is 2.18. The number of carbonyl (C=O) groups excluding carboxylic acids is 1. The molecular weight excluding hydrogens is 242 g/mol. The normalized spacial score (nSPS) is 10.1. The molecule has 98 valence electrons. The Morgan fingerprint density at radius 1 is 1.32 bits per heavy atom. The molecule has 2 aromatic rings. The van der Waals surface area contributed by atoms with Crippen LogP contribution in [0.5, 0.6) is 5.75 Å². The molecule has 19 heavy (non-hydrogen) atoms. The van der Waals surface area contributed by atoms with Crippen LogP contribution in [0.4, 0.5) is 5.69 Å². The van der Waals surface area contributed by atoms with Crippen molar-refractivity contribution in [1.82, 2.24) is 10.3 Å². The molecule has 0 fully saturated rings. The fourth-order valence-electron chi connectivity index (χ4n) is 1.67. The quantitative estimate of drug-likeness (QED) is 0.567. The van der Waals surface area contributed by atoms with Crippen LogP contribution in [0, 0.1) is 0 Å². The van der Waals surface area contributed by atoms with Gasteiger partial charge in [-0.05, 0) is 35.9 Å². The average Bonchev–Trinajstić information content (AvgIpc) is 2.42. The zero-order chi connectivity index (χ0) is 13.7. The number of aromatic hydroxyl groups is 1. The summed E-state index contributed by atoms with van der Waals surface area (Å²) < 4.78 is 0. The Morgan fingerprint density at radius 3 is 2.89 bits per heavy atom. The van der Waals surface area contributed by atoms with Crippen LogP contribution in [0.15, 0.2) is 42.6 Å². The Hall–Kier alpha value is -2.56. The third-order valence-electron chi connectivity index (χ3n) is 2.67. The second-order valence-corrected chi connectivity index (χ2v) is 4.16. The molecule has 0 unspecified atom stereocenters. The zero-order valence-electron chi connectivity index (χ0n) is 10.3. The average molecular weight is 257 g/mol. The minimum atomic E-state index is -0.164. The lowest BCUT2D eigenvalue weighted by atomic mass is 10.1. The van der Waals surface area contributed by atoms with Crippen LogP contribution in [0.2, 0.25) is 0 Å². The van der Waals surface area contributed by atoms with E-state index < -0.39 is 0 Å². The first-order valence-electron chi connectivity index (χ1n) is 5.89. The molecular formula is C14H15N3O2. The Bertz CT molecular complexity index is 570. The Balaban J connectivity index is 1.93. The summed E-state index contributed by atoms with van der Waals surface area (Å²) >= 11 is 0. The lowest BCUT2D eigenvalue weighted by molar-refractivity contribution is -0.120. The maximum absolute atomic E-state index is 11.8. The number of rotatable bonds is 4. The van der Waals surface area contributed by atoms with Gasteiger partial charge in [0.25, 0.3) is 0 Å². The molecule has 0 atom stereocenters. The van der Waals surface area contributed by atoms with Gasteiger partial charge in [-0.15, -0.1) is 0 Å². The van der Waals surface area contributed by atoms with Gasteiger partial charge in [-0.1, -0.05) is 6.07 Å². The standard InChI is InChI=1S/C14H15N3O2/c15-13-5-4-12(18)7-10(13)8-14(19)17-9-11-3-1-2-6-16-11/h1-7,18H,8-9,15H2,(H,17,19). The number of phenolic OH excluding ortho intramolecular Hbond substituents is 1. The first-order valence-corrected chi connectivity index (χ1v) is 5.89. The topological polar surface area (TPSA) is 88.2 Å². The Kier molecular flexibility index (Phi) is 3.97. The molecule has 4 N–H and O–H groups in total. The number of nitrogens with one attached hydrogen (secondary N) is 1. The molecule has 0 saturated carbocycles. The van der Waals surface area contributed by atoms with Gasteiger partial charge in [-0.3, -0.25) is 9.78 Å². The predicted molar refractivity (Wildman–Crippen MR) is 72.3 cm³/mol. The first-order chi connectivity index (χ1) is 9.15. The van der Waals surface area contributed by atoms with Crippen LogP contribution in [-0.4, -0.2) is 16.0 Å². The van der Waals surface area contributed by atoms with Crippen LogP contribution in [0.1, 0.15) is 11.3 Å². The maximum Gasteiger partial charge on any atom is 0.224 e. The van der Waals surface area contributed by atoms with E-state index in [0.717, 1.165) is 5.69 Å². The summed E-state index contributed by atoms with van der Waals surface area (Å²) in [5, 5.41) is 12.1. The number of phenols is 1. The minimum Gasteiger partial charge on any atom is -0.508 e. The highest BCUT2D eigenvalue weighted by Gasteiger charge is 2.07. The number of aromatic nitrogens is 1. The lowest BCUT2D eigenvalue weighted by Gasteiger charge is -2.07. The molecule has 0 spiro atoms. The van der Waals surface area contributed by atoms with Crippen molar-refractivity contribution >= 4 is 11.6 Å². The van der Waals surface area contributed by atoms with E-state index in [-0.39, 0.29) is 18.1 Å². The molecule has 0 aliphatic heterocycles. The SMILES string of the molecule is Nc1ccc(O)cc1CC(=O)NCc1ccccn1. The maximum atomic E-state index is 11.8. The van der Waals surface area contributed by atoms with E-state index in [0.29, 0.717) is 17.8 Å². The number of amides is 1. The summed E-state index contributed by atoms with van der Waals surface area (Å²) in [7, 11) is 0. The first kappa shape index (κ1) is 12.9. The van der Waals surface area contributed by atoms with Crippen LogP contribution >= 0.6 is 0 Å². The number of benzene rings is 1. The number of nitrogens with zero attached hydrogens (tertiary/aromatic N) is 1. The summed E-state index contributed by atoms with van der Waals surface area (Å²) in [6.45, 7) is 0.373. The number of pyridine rings is 1. The minimum absolute atomic E-state index is 0.0988. The van der Waals surface area contributed by atoms with E-state index in [1.54, 1.807) is 12.3 Å². The molecule has 2 rings (SSSR count). The van der Waals surface area contributed by atoms with Crippen molar-refractivity contribution in [3.63, 3.8) is 0 Å². The number of nitrogen functional groups attached to an aromatic ring is 1. The fourth-order valence-corrected chi connectivity index (χ4v) is 1.67. The van der Waals surface area contributed by atoms with Gasteiger partial charge in [0, 0.05) is 11.9 Å². The number of carbonyl (C=O) groups is 1. The summed E-state index contributed by atoms with van der Waals surface area (Å²) in [4.78, 5) is 15.9. The van der Waals surface area contributed by atoms with Gasteiger partial charge in [-0.2, -0.15) is 0 Å². The van der Waals surface area contributed by atoms with Crippen LogP contribution in [0.25, 0.3) is 0 Å². The van der Waals surface area contributed by atoms with Gasteiger partial charge in [0.1, 0.15) is 5.75 Å². The van der Waals surface area contributed by atoms with Crippen molar-refractivity contribution < 1.29 is 9.90 Å². The van der Waals surface area contributed by atoms with Crippen molar-refractivity contribution in [3.8, 4) is 5.75 Å². The van der Waals surface area contributed by atoms with E-state index in [4.69, 9.17) is 5.73 Å². The Morgan fingerprint density at radius 2 is 2.16 bits per heavy atom. The van der Waals surface area contributed by atoms with Gasteiger partial charge in [0.15, 0.2) is 0 Å². The molecule has 5 nitrogen and oxygen atoms in total. The second kappa shape index (κ2) is 5.86. The molecule has 0 radical (unpaired) electrons. The van der Waals surface area contributed by atoms with Crippen molar-refractivity contribution in [2.24, 2.45) is 0 Å². The molecule has 1 amide bonds.